The minimum absolute atomic E-state index is 0.148. The maximum absolute atomic E-state index is 12.6. The van der Waals surface area contributed by atoms with Crippen molar-refractivity contribution in [3.63, 3.8) is 0 Å². The van der Waals surface area contributed by atoms with Gasteiger partial charge in [0.2, 0.25) is 10.0 Å². The van der Waals surface area contributed by atoms with Crippen molar-refractivity contribution in [1.29, 1.82) is 0 Å². The summed E-state index contributed by atoms with van der Waals surface area (Å²) < 4.78 is 33.3. The number of sulfonamides is 1. The molecule has 0 spiro atoms. The van der Waals surface area contributed by atoms with Gasteiger partial charge in [0.25, 0.3) is 0 Å². The fraction of sp³-hybridized carbons (Fsp3) is 0.111. The molecule has 0 aliphatic carbocycles. The number of fused-ring (bicyclic) bond motifs is 1. The molecular weight excluding hydrogens is 310 g/mol. The lowest BCUT2D eigenvalue weighted by Crippen LogP contribution is -2.23. The summed E-state index contributed by atoms with van der Waals surface area (Å²) in [4.78, 5) is 0.148. The molecule has 3 rings (SSSR count). The Morgan fingerprint density at radius 2 is 1.61 bits per heavy atom. The van der Waals surface area contributed by atoms with E-state index in [1.807, 2.05) is 54.6 Å². The fourth-order valence-corrected chi connectivity index (χ4v) is 3.69. The van der Waals surface area contributed by atoms with Gasteiger partial charge in [-0.1, -0.05) is 60.7 Å². The van der Waals surface area contributed by atoms with Gasteiger partial charge >= 0.3 is 0 Å². The van der Waals surface area contributed by atoms with Gasteiger partial charge in [-0.3, -0.25) is 0 Å². The highest BCUT2D eigenvalue weighted by molar-refractivity contribution is 7.89. The van der Waals surface area contributed by atoms with E-state index in [-0.39, 0.29) is 11.4 Å². The molecule has 3 aromatic carbocycles. The van der Waals surface area contributed by atoms with Crippen LogP contribution in [-0.4, -0.2) is 15.5 Å². The molecule has 5 heteroatoms. The minimum Gasteiger partial charge on any atom is -0.495 e. The minimum atomic E-state index is -3.67. The van der Waals surface area contributed by atoms with Gasteiger partial charge in [0.1, 0.15) is 10.6 Å². The zero-order chi connectivity index (χ0) is 16.3. The second-order valence-corrected chi connectivity index (χ2v) is 6.86. The van der Waals surface area contributed by atoms with E-state index in [2.05, 4.69) is 4.72 Å². The quantitative estimate of drug-likeness (QED) is 0.782. The zero-order valence-electron chi connectivity index (χ0n) is 12.7. The summed E-state index contributed by atoms with van der Waals surface area (Å²) in [5, 5.41) is 1.71. The van der Waals surface area contributed by atoms with Crippen LogP contribution < -0.4 is 9.46 Å². The van der Waals surface area contributed by atoms with Crippen molar-refractivity contribution >= 4 is 20.8 Å². The van der Waals surface area contributed by atoms with E-state index in [0.29, 0.717) is 5.75 Å². The number of methoxy groups -OCH3 is 1. The highest BCUT2D eigenvalue weighted by Gasteiger charge is 2.21. The lowest BCUT2D eigenvalue weighted by atomic mass is 10.1. The van der Waals surface area contributed by atoms with Crippen molar-refractivity contribution in [1.82, 2.24) is 4.72 Å². The third kappa shape index (κ3) is 3.21. The van der Waals surface area contributed by atoms with E-state index in [0.717, 1.165) is 16.3 Å². The Balaban J connectivity index is 1.98. The SMILES string of the molecule is COc1c(S(=O)(=O)NCc2ccccc2)ccc2ccccc12. The summed E-state index contributed by atoms with van der Waals surface area (Å²) >= 11 is 0. The summed E-state index contributed by atoms with van der Waals surface area (Å²) in [5.41, 5.74) is 0.899. The molecule has 0 bridgehead atoms. The third-order valence-corrected chi connectivity index (χ3v) is 5.07. The van der Waals surface area contributed by atoms with E-state index < -0.39 is 10.0 Å². The third-order valence-electron chi connectivity index (χ3n) is 3.65. The van der Waals surface area contributed by atoms with E-state index in [4.69, 9.17) is 4.74 Å². The van der Waals surface area contributed by atoms with Crippen molar-refractivity contribution in [2.45, 2.75) is 11.4 Å². The lowest BCUT2D eigenvalue weighted by molar-refractivity contribution is 0.407. The Labute approximate surface area is 135 Å². The number of nitrogens with one attached hydrogen (secondary N) is 1. The van der Waals surface area contributed by atoms with Gasteiger partial charge in [0.05, 0.1) is 7.11 Å². The van der Waals surface area contributed by atoms with E-state index >= 15 is 0 Å². The molecular formula is C18H17NO3S. The van der Waals surface area contributed by atoms with Crippen LogP contribution in [0.4, 0.5) is 0 Å². The molecule has 0 radical (unpaired) electrons. The highest BCUT2D eigenvalue weighted by Crippen LogP contribution is 2.32. The maximum atomic E-state index is 12.6. The predicted octanol–water partition coefficient (Wildman–Crippen LogP) is 3.33. The average Bonchev–Trinajstić information content (AvgIpc) is 2.60. The van der Waals surface area contributed by atoms with Gasteiger partial charge in [-0.2, -0.15) is 0 Å². The largest absolute Gasteiger partial charge is 0.495 e. The van der Waals surface area contributed by atoms with Crippen molar-refractivity contribution < 1.29 is 13.2 Å². The number of rotatable bonds is 5. The number of hydrogen-bond acceptors (Lipinski definition) is 3. The molecule has 3 aromatic rings. The zero-order valence-corrected chi connectivity index (χ0v) is 13.5. The van der Waals surface area contributed by atoms with Gasteiger partial charge in [-0.05, 0) is 17.0 Å². The molecule has 4 nitrogen and oxygen atoms in total. The molecule has 0 amide bonds. The predicted molar refractivity (Wildman–Crippen MR) is 91.0 cm³/mol. The van der Waals surface area contributed by atoms with Crippen LogP contribution in [0.5, 0.6) is 5.75 Å². The second kappa shape index (κ2) is 6.40. The molecule has 0 unspecified atom stereocenters. The first-order valence-electron chi connectivity index (χ1n) is 7.21. The Hall–Kier alpha value is -2.37. The topological polar surface area (TPSA) is 55.4 Å². The van der Waals surface area contributed by atoms with E-state index in [1.165, 1.54) is 7.11 Å². The van der Waals surface area contributed by atoms with Gasteiger partial charge in [0, 0.05) is 11.9 Å². The molecule has 0 saturated heterocycles. The van der Waals surface area contributed by atoms with E-state index in [1.54, 1.807) is 12.1 Å². The van der Waals surface area contributed by atoms with Crippen LogP contribution in [0, 0.1) is 0 Å². The van der Waals surface area contributed by atoms with Crippen LogP contribution in [0.2, 0.25) is 0 Å². The first-order valence-corrected chi connectivity index (χ1v) is 8.69. The number of ether oxygens (including phenoxy) is 1. The van der Waals surface area contributed by atoms with Crippen LogP contribution in [0.15, 0.2) is 71.6 Å². The smallest absolute Gasteiger partial charge is 0.244 e. The Morgan fingerprint density at radius 1 is 0.913 bits per heavy atom. The second-order valence-electron chi connectivity index (χ2n) is 5.13. The van der Waals surface area contributed by atoms with Crippen molar-refractivity contribution in [2.24, 2.45) is 0 Å². The number of hydrogen-bond donors (Lipinski definition) is 1. The molecule has 1 N–H and O–H groups in total. The number of benzene rings is 3. The van der Waals surface area contributed by atoms with Gasteiger partial charge in [0.15, 0.2) is 0 Å². The fourth-order valence-electron chi connectivity index (χ4n) is 2.50. The molecule has 0 aliphatic heterocycles. The first-order chi connectivity index (χ1) is 11.1. The summed E-state index contributed by atoms with van der Waals surface area (Å²) in [6.07, 6.45) is 0. The van der Waals surface area contributed by atoms with E-state index in [9.17, 15) is 8.42 Å². The van der Waals surface area contributed by atoms with Crippen molar-refractivity contribution in [2.75, 3.05) is 7.11 Å². The van der Waals surface area contributed by atoms with Crippen LogP contribution in [0.25, 0.3) is 10.8 Å². The van der Waals surface area contributed by atoms with Crippen LogP contribution in [0.1, 0.15) is 5.56 Å². The molecule has 118 valence electrons. The molecule has 0 aromatic heterocycles. The molecule has 0 heterocycles. The van der Waals surface area contributed by atoms with Gasteiger partial charge in [-0.15, -0.1) is 0 Å². The molecule has 0 aliphatic rings. The molecule has 0 fully saturated rings. The first kappa shape index (κ1) is 15.5. The van der Waals surface area contributed by atoms with Gasteiger partial charge < -0.3 is 4.74 Å². The van der Waals surface area contributed by atoms with Gasteiger partial charge in [-0.25, -0.2) is 13.1 Å². The van der Waals surface area contributed by atoms with Crippen molar-refractivity contribution in [3.8, 4) is 5.75 Å². The molecule has 0 atom stereocenters. The van der Waals surface area contributed by atoms with Crippen LogP contribution in [-0.2, 0) is 16.6 Å². The Kier molecular flexibility index (Phi) is 4.32. The summed E-state index contributed by atoms with van der Waals surface area (Å²) in [7, 11) is -2.18. The summed E-state index contributed by atoms with van der Waals surface area (Å²) in [5.74, 6) is 0.365. The highest BCUT2D eigenvalue weighted by atomic mass is 32.2. The summed E-state index contributed by atoms with van der Waals surface area (Å²) in [6.45, 7) is 0.235. The van der Waals surface area contributed by atoms with Crippen LogP contribution >= 0.6 is 0 Å². The summed E-state index contributed by atoms with van der Waals surface area (Å²) in [6, 6.07) is 20.3. The van der Waals surface area contributed by atoms with Crippen LogP contribution in [0.3, 0.4) is 0 Å². The lowest BCUT2D eigenvalue weighted by Gasteiger charge is -2.13. The Bertz CT molecular complexity index is 921. The average molecular weight is 327 g/mol. The molecule has 23 heavy (non-hydrogen) atoms. The van der Waals surface area contributed by atoms with Crippen molar-refractivity contribution in [3.05, 3.63) is 72.3 Å². The molecule has 0 saturated carbocycles. The monoisotopic (exact) mass is 327 g/mol. The maximum Gasteiger partial charge on any atom is 0.244 e. The Morgan fingerprint density at radius 3 is 2.35 bits per heavy atom. The normalized spacial score (nSPS) is 11.5. The standard InChI is InChI=1S/C18H17NO3S/c1-22-18-16-10-6-5-9-15(16)11-12-17(18)23(20,21)19-13-14-7-3-2-4-8-14/h2-12,19H,13H2,1H3.